The number of nitrogens with zero attached hydrogens (tertiary/aromatic N) is 2. The largest absolute Gasteiger partial charge is 0.507 e. The Morgan fingerprint density at radius 2 is 1.83 bits per heavy atom. The summed E-state index contributed by atoms with van der Waals surface area (Å²) in [4.78, 5) is 14.7. The van der Waals surface area contributed by atoms with Crippen molar-refractivity contribution >= 4 is 17.4 Å². The van der Waals surface area contributed by atoms with E-state index in [-0.39, 0.29) is 39.3 Å². The fraction of sp³-hybridized carbons (Fsp3) is 0.273. The molecule has 0 unspecified atom stereocenters. The topological polar surface area (TPSA) is 86.8 Å². The molecule has 2 N–H and O–H groups in total. The van der Waals surface area contributed by atoms with Gasteiger partial charge in [0.15, 0.2) is 17.2 Å². The van der Waals surface area contributed by atoms with Crippen molar-refractivity contribution in [3.63, 3.8) is 0 Å². The van der Waals surface area contributed by atoms with Gasteiger partial charge in [0.25, 0.3) is 0 Å². The highest BCUT2D eigenvalue weighted by atomic mass is 35.5. The summed E-state index contributed by atoms with van der Waals surface area (Å²) in [5.74, 6) is -0.379. The molecule has 0 aliphatic carbocycles. The second-order valence-electron chi connectivity index (χ2n) is 7.16. The van der Waals surface area contributed by atoms with Gasteiger partial charge in [-0.3, -0.25) is 4.79 Å². The molecule has 0 aliphatic rings. The van der Waals surface area contributed by atoms with E-state index >= 15 is 0 Å². The van der Waals surface area contributed by atoms with Crippen molar-refractivity contribution in [3.05, 3.63) is 52.7 Å². The zero-order valence-electron chi connectivity index (χ0n) is 16.6. The molecule has 0 spiro atoms. The second-order valence-corrected chi connectivity index (χ2v) is 7.57. The Balaban J connectivity index is 2.16. The van der Waals surface area contributed by atoms with Gasteiger partial charge < -0.3 is 19.6 Å². The summed E-state index contributed by atoms with van der Waals surface area (Å²) in [5.41, 5.74) is 2.83. The van der Waals surface area contributed by atoms with E-state index in [4.69, 9.17) is 16.1 Å². The number of carbonyl (C=O) groups is 1. The molecular formula is C22H23ClN2O4. The molecule has 3 rings (SSSR count). The summed E-state index contributed by atoms with van der Waals surface area (Å²) in [6, 6.07) is 10.3. The molecule has 0 aliphatic heterocycles. The van der Waals surface area contributed by atoms with Crippen LogP contribution in [-0.4, -0.2) is 40.1 Å². The molecule has 29 heavy (non-hydrogen) atoms. The molecule has 0 saturated heterocycles. The number of aromatic hydroxyl groups is 2. The third-order valence-corrected chi connectivity index (χ3v) is 4.79. The van der Waals surface area contributed by atoms with Crippen molar-refractivity contribution in [2.24, 2.45) is 0 Å². The van der Waals surface area contributed by atoms with Gasteiger partial charge in [-0.1, -0.05) is 47.9 Å². The Hall–Kier alpha value is -2.83. The number of ketones is 1. The van der Waals surface area contributed by atoms with E-state index in [2.05, 4.69) is 10.1 Å². The van der Waals surface area contributed by atoms with Crippen LogP contribution in [0.25, 0.3) is 22.5 Å². The SMILES string of the molecule is CCCC(=O)c1noc(-c2cc(Cl)c(O)cc2O)c1-c1ccc(CN(C)C)cc1. The number of carbonyl (C=O) groups excluding carboxylic acids is 1. The molecule has 6 nitrogen and oxygen atoms in total. The molecule has 0 fully saturated rings. The number of phenolic OH excluding ortho intramolecular Hbond substituents is 2. The Kier molecular flexibility index (Phi) is 6.25. The van der Waals surface area contributed by atoms with E-state index < -0.39 is 0 Å². The lowest BCUT2D eigenvalue weighted by Crippen LogP contribution is -2.10. The molecular weight excluding hydrogens is 392 g/mol. The van der Waals surface area contributed by atoms with Gasteiger partial charge in [-0.05, 0) is 37.7 Å². The minimum atomic E-state index is -0.246. The normalized spacial score (nSPS) is 11.2. The second kappa shape index (κ2) is 8.68. The minimum Gasteiger partial charge on any atom is -0.507 e. The highest BCUT2D eigenvalue weighted by molar-refractivity contribution is 6.32. The first-order valence-corrected chi connectivity index (χ1v) is 9.68. The molecule has 1 aromatic heterocycles. The van der Waals surface area contributed by atoms with Crippen molar-refractivity contribution in [2.45, 2.75) is 26.3 Å². The maximum atomic E-state index is 12.6. The van der Waals surface area contributed by atoms with E-state index in [1.165, 1.54) is 6.07 Å². The van der Waals surface area contributed by atoms with Crippen LogP contribution in [0.1, 0.15) is 35.8 Å². The van der Waals surface area contributed by atoms with Crippen molar-refractivity contribution in [2.75, 3.05) is 14.1 Å². The van der Waals surface area contributed by atoms with Crippen molar-refractivity contribution in [1.29, 1.82) is 0 Å². The highest BCUT2D eigenvalue weighted by Gasteiger charge is 2.26. The predicted octanol–water partition coefficient (Wildman–Crippen LogP) is 5.12. The maximum absolute atomic E-state index is 12.6. The molecule has 0 atom stereocenters. The monoisotopic (exact) mass is 414 g/mol. The lowest BCUT2D eigenvalue weighted by atomic mass is 9.95. The van der Waals surface area contributed by atoms with Gasteiger partial charge in [0.2, 0.25) is 0 Å². The Morgan fingerprint density at radius 3 is 2.45 bits per heavy atom. The Morgan fingerprint density at radius 1 is 1.14 bits per heavy atom. The highest BCUT2D eigenvalue weighted by Crippen LogP contribution is 2.43. The summed E-state index contributed by atoms with van der Waals surface area (Å²) in [6.07, 6.45) is 1.01. The molecule has 152 valence electrons. The van der Waals surface area contributed by atoms with E-state index in [1.807, 2.05) is 45.3 Å². The molecule has 0 radical (unpaired) electrons. The standard InChI is InChI=1S/C22H23ClN2O4/c1-4-5-17(26)21-20(14-8-6-13(7-9-14)12-25(2)3)22(29-24-21)15-10-16(23)19(28)11-18(15)27/h6-11,27-28H,4-5,12H2,1-3H3. The van der Waals surface area contributed by atoms with E-state index in [1.54, 1.807) is 0 Å². The first-order valence-electron chi connectivity index (χ1n) is 9.30. The van der Waals surface area contributed by atoms with Crippen LogP contribution >= 0.6 is 11.6 Å². The number of Topliss-reactive ketones (excluding diaryl/α,β-unsaturated/α-hetero) is 1. The summed E-state index contributed by atoms with van der Waals surface area (Å²) >= 11 is 6.03. The molecule has 0 bridgehead atoms. The molecule has 2 aromatic carbocycles. The number of aromatic nitrogens is 1. The zero-order valence-corrected chi connectivity index (χ0v) is 17.3. The van der Waals surface area contributed by atoms with Crippen molar-refractivity contribution < 1.29 is 19.5 Å². The fourth-order valence-corrected chi connectivity index (χ4v) is 3.32. The van der Waals surface area contributed by atoms with Crippen LogP contribution in [0.4, 0.5) is 0 Å². The molecule has 3 aromatic rings. The number of phenols is 2. The first-order chi connectivity index (χ1) is 13.8. The van der Waals surface area contributed by atoms with Gasteiger partial charge in [0.1, 0.15) is 11.5 Å². The van der Waals surface area contributed by atoms with Crippen LogP contribution in [0.5, 0.6) is 11.5 Å². The van der Waals surface area contributed by atoms with Gasteiger partial charge in [-0.15, -0.1) is 0 Å². The maximum Gasteiger partial charge on any atom is 0.185 e. The smallest absolute Gasteiger partial charge is 0.185 e. The van der Waals surface area contributed by atoms with Crippen molar-refractivity contribution in [1.82, 2.24) is 10.1 Å². The van der Waals surface area contributed by atoms with Gasteiger partial charge in [0, 0.05) is 19.0 Å². The van der Waals surface area contributed by atoms with E-state index in [9.17, 15) is 15.0 Å². The summed E-state index contributed by atoms with van der Waals surface area (Å²) in [6.45, 7) is 2.70. The molecule has 7 heteroatoms. The Bertz CT molecular complexity index is 1030. The molecule has 0 saturated carbocycles. The zero-order chi connectivity index (χ0) is 21.1. The van der Waals surface area contributed by atoms with Crippen LogP contribution < -0.4 is 0 Å². The first kappa shape index (κ1) is 20.9. The third kappa shape index (κ3) is 4.44. The predicted molar refractivity (Wildman–Crippen MR) is 112 cm³/mol. The lowest BCUT2D eigenvalue weighted by Gasteiger charge is -2.11. The van der Waals surface area contributed by atoms with E-state index in [0.717, 1.165) is 23.7 Å². The number of benzene rings is 2. The minimum absolute atomic E-state index is 0.0583. The Labute approximate surface area is 174 Å². The summed E-state index contributed by atoms with van der Waals surface area (Å²) < 4.78 is 5.49. The number of rotatable bonds is 7. The average Bonchev–Trinajstić information content (AvgIpc) is 3.10. The van der Waals surface area contributed by atoms with Gasteiger partial charge >= 0.3 is 0 Å². The average molecular weight is 415 g/mol. The van der Waals surface area contributed by atoms with Crippen LogP contribution in [0.15, 0.2) is 40.9 Å². The van der Waals surface area contributed by atoms with Crippen molar-refractivity contribution in [3.8, 4) is 33.9 Å². The van der Waals surface area contributed by atoms with Crippen LogP contribution in [0, 0.1) is 0 Å². The van der Waals surface area contributed by atoms with Crippen LogP contribution in [-0.2, 0) is 6.54 Å². The van der Waals surface area contributed by atoms with E-state index in [0.29, 0.717) is 18.4 Å². The van der Waals surface area contributed by atoms with Gasteiger partial charge in [0.05, 0.1) is 16.1 Å². The van der Waals surface area contributed by atoms with Crippen LogP contribution in [0.3, 0.4) is 0 Å². The third-order valence-electron chi connectivity index (χ3n) is 4.48. The molecule has 1 heterocycles. The van der Waals surface area contributed by atoms with Crippen LogP contribution in [0.2, 0.25) is 5.02 Å². The van der Waals surface area contributed by atoms with Gasteiger partial charge in [-0.25, -0.2) is 0 Å². The lowest BCUT2D eigenvalue weighted by molar-refractivity contribution is 0.0973. The molecule has 0 amide bonds. The number of halogens is 1. The summed E-state index contributed by atoms with van der Waals surface area (Å²) in [5, 5.41) is 24.1. The number of hydrogen-bond donors (Lipinski definition) is 2. The number of hydrogen-bond acceptors (Lipinski definition) is 6. The van der Waals surface area contributed by atoms with Gasteiger partial charge in [-0.2, -0.15) is 0 Å². The fourth-order valence-electron chi connectivity index (χ4n) is 3.15. The quantitative estimate of drug-likeness (QED) is 0.522. The summed E-state index contributed by atoms with van der Waals surface area (Å²) in [7, 11) is 3.98.